The van der Waals surface area contributed by atoms with E-state index in [1.54, 1.807) is 54.6 Å². The molecule has 1 unspecified atom stereocenters. The van der Waals surface area contributed by atoms with Crippen molar-refractivity contribution in [3.05, 3.63) is 71.4 Å². The van der Waals surface area contributed by atoms with E-state index in [1.807, 2.05) is 0 Å². The number of carboxylic acids is 1. The molecule has 1 aliphatic carbocycles. The van der Waals surface area contributed by atoms with Gasteiger partial charge in [-0.3, -0.25) is 9.59 Å². The molecule has 2 N–H and O–H groups in total. The lowest BCUT2D eigenvalue weighted by Crippen LogP contribution is -2.30. The maximum Gasteiger partial charge on any atom is 0.352 e. The fourth-order valence-corrected chi connectivity index (χ4v) is 2.98. The first-order valence-electron chi connectivity index (χ1n) is 9.14. The molecule has 28 heavy (non-hydrogen) atoms. The molecule has 2 aromatic rings. The highest BCUT2D eigenvalue weighted by molar-refractivity contribution is 6.02. The van der Waals surface area contributed by atoms with Gasteiger partial charge in [-0.2, -0.15) is 0 Å². The Balaban J connectivity index is 1.69. The Morgan fingerprint density at radius 3 is 2.39 bits per heavy atom. The lowest BCUT2D eigenvalue weighted by Gasteiger charge is -2.21. The molecule has 0 spiro atoms. The number of ether oxygens (including phenoxy) is 1. The van der Waals surface area contributed by atoms with Gasteiger partial charge < -0.3 is 15.2 Å². The van der Waals surface area contributed by atoms with Crippen molar-refractivity contribution in [1.29, 1.82) is 0 Å². The molecule has 1 saturated carbocycles. The summed E-state index contributed by atoms with van der Waals surface area (Å²) in [6.07, 6.45) is 4.12. The van der Waals surface area contributed by atoms with Gasteiger partial charge in [0.15, 0.2) is 11.9 Å². The Hall–Kier alpha value is -3.41. The average Bonchev–Trinajstić information content (AvgIpc) is 2.71. The molecule has 6 heteroatoms. The smallest absolute Gasteiger partial charge is 0.352 e. The number of hydrogen-bond donors (Lipinski definition) is 2. The minimum Gasteiger partial charge on any atom is -0.483 e. The Morgan fingerprint density at radius 1 is 1.04 bits per heavy atom. The summed E-state index contributed by atoms with van der Waals surface area (Å²) < 4.78 is 5.74. The number of amides is 1. The first kappa shape index (κ1) is 19.4. The molecule has 0 aromatic heterocycles. The van der Waals surface area contributed by atoms with Gasteiger partial charge in [-0.05, 0) is 55.2 Å². The maximum absolute atomic E-state index is 12.2. The zero-order valence-electron chi connectivity index (χ0n) is 15.3. The van der Waals surface area contributed by atoms with Crippen LogP contribution < -0.4 is 10.1 Å². The quantitative estimate of drug-likeness (QED) is 0.750. The van der Waals surface area contributed by atoms with E-state index in [1.165, 1.54) is 6.08 Å². The van der Waals surface area contributed by atoms with Crippen molar-refractivity contribution < 1.29 is 24.2 Å². The Morgan fingerprint density at radius 2 is 1.75 bits per heavy atom. The van der Waals surface area contributed by atoms with Crippen molar-refractivity contribution in [2.45, 2.75) is 31.8 Å². The van der Waals surface area contributed by atoms with Gasteiger partial charge in [-0.1, -0.05) is 30.3 Å². The van der Waals surface area contributed by atoms with E-state index in [0.717, 1.165) is 19.3 Å². The summed E-state index contributed by atoms with van der Waals surface area (Å²) in [5.74, 6) is -1.06. The number of carbonyl (C=O) groups is 3. The first-order valence-corrected chi connectivity index (χ1v) is 9.14. The number of rotatable bonds is 6. The van der Waals surface area contributed by atoms with Crippen LogP contribution in [0.1, 0.15) is 41.6 Å². The molecule has 0 aliphatic heterocycles. The van der Waals surface area contributed by atoms with Crippen molar-refractivity contribution in [1.82, 2.24) is 5.32 Å². The summed E-state index contributed by atoms with van der Waals surface area (Å²) in [6, 6.07) is 15.1. The van der Waals surface area contributed by atoms with E-state index >= 15 is 0 Å². The second-order valence-corrected chi connectivity index (χ2v) is 6.57. The number of nitrogens with one attached hydrogen (secondary N) is 1. The summed E-state index contributed by atoms with van der Waals surface area (Å²) in [5.41, 5.74) is 0.730. The molecule has 1 atom stereocenters. The molecule has 1 fully saturated rings. The lowest BCUT2D eigenvalue weighted by molar-refractivity contribution is -0.133. The molecule has 0 heterocycles. The predicted molar refractivity (Wildman–Crippen MR) is 104 cm³/mol. The van der Waals surface area contributed by atoms with E-state index in [4.69, 9.17) is 4.74 Å². The van der Waals surface area contributed by atoms with Gasteiger partial charge in [-0.15, -0.1) is 0 Å². The normalized spacial score (nSPS) is 17.1. The van der Waals surface area contributed by atoms with E-state index in [9.17, 15) is 19.5 Å². The van der Waals surface area contributed by atoms with E-state index in [2.05, 4.69) is 5.32 Å². The zero-order valence-corrected chi connectivity index (χ0v) is 15.3. The van der Waals surface area contributed by atoms with Crippen LogP contribution >= 0.6 is 0 Å². The highest BCUT2D eigenvalue weighted by Gasteiger charge is 2.23. The minimum absolute atomic E-state index is 0.118. The van der Waals surface area contributed by atoms with Gasteiger partial charge in [0.25, 0.3) is 5.91 Å². The number of carboxylic acid groups (broad SMARTS) is 1. The van der Waals surface area contributed by atoms with Crippen LogP contribution in [0.2, 0.25) is 0 Å². The number of hydrogen-bond acceptors (Lipinski definition) is 4. The van der Waals surface area contributed by atoms with Crippen LogP contribution in [0.3, 0.4) is 0 Å². The molecule has 2 aromatic carbocycles. The van der Waals surface area contributed by atoms with Crippen molar-refractivity contribution in [3.8, 4) is 5.75 Å². The van der Waals surface area contributed by atoms with E-state index in [-0.39, 0.29) is 11.5 Å². The number of aliphatic carboxylic acids is 1. The predicted octanol–water partition coefficient (Wildman–Crippen LogP) is 3.43. The van der Waals surface area contributed by atoms with Crippen LogP contribution in [0.5, 0.6) is 5.75 Å². The van der Waals surface area contributed by atoms with Crippen LogP contribution in [0.25, 0.3) is 6.08 Å². The fourth-order valence-electron chi connectivity index (χ4n) is 2.98. The second kappa shape index (κ2) is 8.99. The van der Waals surface area contributed by atoms with Crippen LogP contribution in [-0.2, 0) is 9.59 Å². The van der Waals surface area contributed by atoms with Gasteiger partial charge in [-0.25, -0.2) is 4.79 Å². The Bertz CT molecular complexity index is 887. The largest absolute Gasteiger partial charge is 0.483 e. The molecule has 0 bridgehead atoms. The lowest BCUT2D eigenvalue weighted by atomic mass is 9.96. The molecule has 0 saturated heterocycles. The topological polar surface area (TPSA) is 92.7 Å². The summed E-state index contributed by atoms with van der Waals surface area (Å²) in [6.45, 7) is 0. The number of benzene rings is 2. The highest BCUT2D eigenvalue weighted by atomic mass is 16.5. The molecule has 1 amide bonds. The Kier molecular flexibility index (Phi) is 6.22. The molecule has 144 valence electrons. The van der Waals surface area contributed by atoms with E-state index in [0.29, 0.717) is 23.3 Å². The van der Waals surface area contributed by atoms with Gasteiger partial charge in [0.05, 0.1) is 0 Å². The van der Waals surface area contributed by atoms with Crippen LogP contribution in [0.15, 0.2) is 60.3 Å². The minimum atomic E-state index is -1.24. The molecular weight excluding hydrogens is 358 g/mol. The molecule has 0 radical (unpaired) electrons. The summed E-state index contributed by atoms with van der Waals surface area (Å²) >= 11 is 0. The third-order valence-corrected chi connectivity index (χ3v) is 4.48. The van der Waals surface area contributed by atoms with E-state index < -0.39 is 18.0 Å². The fraction of sp³-hybridized carbons (Fsp3) is 0.227. The summed E-state index contributed by atoms with van der Waals surface area (Å²) in [7, 11) is 0. The molecule has 6 nitrogen and oxygen atoms in total. The third-order valence-electron chi connectivity index (χ3n) is 4.48. The Labute approximate surface area is 162 Å². The molecular formula is C22H21NO5. The first-order chi connectivity index (χ1) is 13.5. The zero-order chi connectivity index (χ0) is 19.9. The number of carbonyl (C=O) groups excluding carboxylic acids is 2. The van der Waals surface area contributed by atoms with Crippen molar-refractivity contribution in [3.63, 3.8) is 0 Å². The number of Topliss-reactive ketones (excluding diaryl/α,β-unsaturated/α-hetero) is 1. The van der Waals surface area contributed by atoms with Crippen molar-refractivity contribution in [2.75, 3.05) is 0 Å². The monoisotopic (exact) mass is 379 g/mol. The van der Waals surface area contributed by atoms with Crippen LogP contribution in [0.4, 0.5) is 0 Å². The summed E-state index contributed by atoms with van der Waals surface area (Å²) in [4.78, 5) is 35.5. The van der Waals surface area contributed by atoms with Gasteiger partial charge in [0.1, 0.15) is 11.4 Å². The van der Waals surface area contributed by atoms with Gasteiger partial charge in [0.2, 0.25) is 0 Å². The second-order valence-electron chi connectivity index (χ2n) is 6.57. The van der Waals surface area contributed by atoms with Crippen molar-refractivity contribution in [2.24, 2.45) is 0 Å². The number of ketones is 1. The highest BCUT2D eigenvalue weighted by Crippen LogP contribution is 2.22. The van der Waals surface area contributed by atoms with Crippen LogP contribution in [0, 0.1) is 0 Å². The maximum atomic E-state index is 12.2. The average molecular weight is 379 g/mol. The summed E-state index contributed by atoms with van der Waals surface area (Å²) in [5, 5.41) is 11.8. The van der Waals surface area contributed by atoms with Gasteiger partial charge >= 0.3 is 5.97 Å². The SMILES string of the molecule is O=C(O)C(=Cc1ccc(OC2CCCCC2=O)cc1)NC(=O)c1ccccc1. The van der Waals surface area contributed by atoms with Gasteiger partial charge in [0, 0.05) is 12.0 Å². The molecule has 3 rings (SSSR count). The van der Waals surface area contributed by atoms with Crippen LogP contribution in [-0.4, -0.2) is 28.9 Å². The standard InChI is InChI=1S/C22H21NO5/c24-19-8-4-5-9-20(19)28-17-12-10-15(11-13-17)14-18(22(26)27)23-21(25)16-6-2-1-3-7-16/h1-3,6-7,10-14,20H,4-5,8-9H2,(H,23,25)(H,26,27). The third kappa shape index (κ3) is 5.07. The van der Waals surface area contributed by atoms with Crippen molar-refractivity contribution >= 4 is 23.7 Å². The molecule has 1 aliphatic rings.